The Labute approximate surface area is 198 Å². The Morgan fingerprint density at radius 3 is 2.29 bits per heavy atom. The Morgan fingerprint density at radius 2 is 1.62 bits per heavy atom. The summed E-state index contributed by atoms with van der Waals surface area (Å²) in [6, 6.07) is 18.9. The Hall–Kier alpha value is -3.71. The minimum absolute atomic E-state index is 0.189. The van der Waals surface area contributed by atoms with Crippen LogP contribution < -0.4 is 14.4 Å². The quantitative estimate of drug-likeness (QED) is 0.415. The van der Waals surface area contributed by atoms with E-state index in [1.165, 1.54) is 17.8 Å². The molecule has 0 bridgehead atoms. The summed E-state index contributed by atoms with van der Waals surface area (Å²) in [5, 5.41) is 0.849. The number of fused-ring (bicyclic) bond motifs is 1. The third-order valence-corrected chi connectivity index (χ3v) is 6.27. The molecule has 34 heavy (non-hydrogen) atoms. The first-order valence-electron chi connectivity index (χ1n) is 11.3. The maximum Gasteiger partial charge on any atom is 0.159 e. The number of hydrogen-bond acceptors (Lipinski definition) is 6. The molecule has 3 aromatic carbocycles. The van der Waals surface area contributed by atoms with Crippen molar-refractivity contribution in [2.24, 2.45) is 0 Å². The second kappa shape index (κ2) is 9.65. The Kier molecular flexibility index (Phi) is 6.27. The van der Waals surface area contributed by atoms with Gasteiger partial charge in [-0.05, 0) is 42.0 Å². The maximum atomic E-state index is 13.1. The molecule has 0 atom stereocenters. The third kappa shape index (κ3) is 4.65. The molecule has 6 nitrogen and oxygen atoms in total. The van der Waals surface area contributed by atoms with Crippen molar-refractivity contribution in [3.05, 3.63) is 78.2 Å². The smallest absolute Gasteiger partial charge is 0.159 e. The van der Waals surface area contributed by atoms with E-state index in [4.69, 9.17) is 14.5 Å². The molecule has 1 aliphatic heterocycles. The number of anilines is 1. The highest BCUT2D eigenvalue weighted by atomic mass is 19.1. The second-order valence-corrected chi connectivity index (χ2v) is 8.39. The van der Waals surface area contributed by atoms with Gasteiger partial charge in [-0.3, -0.25) is 4.90 Å². The second-order valence-electron chi connectivity index (χ2n) is 8.39. The molecule has 1 saturated heterocycles. The van der Waals surface area contributed by atoms with Crippen molar-refractivity contribution < 1.29 is 13.9 Å². The molecule has 0 radical (unpaired) electrons. The van der Waals surface area contributed by atoms with E-state index in [0.29, 0.717) is 17.3 Å². The van der Waals surface area contributed by atoms with Crippen LogP contribution in [0.5, 0.6) is 11.5 Å². The standard InChI is InChI=1S/C27H27FN4O2/c1-33-23-15-25-24(26(16-23)34-2)17-29-27(30-25)20-5-9-22(10-6-20)32-13-11-31(12-14-32)18-19-3-7-21(28)8-4-19/h3-10,15-17H,11-14,18H2,1-2H3. The number of hydrogen-bond donors (Lipinski definition) is 0. The Balaban J connectivity index is 1.27. The predicted molar refractivity (Wildman–Crippen MR) is 132 cm³/mol. The van der Waals surface area contributed by atoms with Crippen molar-refractivity contribution in [2.45, 2.75) is 6.54 Å². The van der Waals surface area contributed by atoms with Crippen LogP contribution >= 0.6 is 0 Å². The highest BCUT2D eigenvalue weighted by molar-refractivity contribution is 5.87. The molecule has 5 rings (SSSR count). The predicted octanol–water partition coefficient (Wildman–Crippen LogP) is 4.78. The zero-order valence-corrected chi connectivity index (χ0v) is 19.4. The molecular weight excluding hydrogens is 431 g/mol. The SMILES string of the molecule is COc1cc(OC)c2cnc(-c3ccc(N4CCN(Cc5ccc(F)cc5)CC4)cc3)nc2c1. The van der Waals surface area contributed by atoms with E-state index in [1.807, 2.05) is 24.3 Å². The topological polar surface area (TPSA) is 50.7 Å². The lowest BCUT2D eigenvalue weighted by atomic mass is 10.1. The van der Waals surface area contributed by atoms with Crippen molar-refractivity contribution in [3.63, 3.8) is 0 Å². The minimum atomic E-state index is -0.189. The first-order chi connectivity index (χ1) is 16.6. The van der Waals surface area contributed by atoms with Crippen LogP contribution in [0.4, 0.5) is 10.1 Å². The van der Waals surface area contributed by atoms with Crippen molar-refractivity contribution in [3.8, 4) is 22.9 Å². The number of nitrogens with zero attached hydrogens (tertiary/aromatic N) is 4. The van der Waals surface area contributed by atoms with Crippen LogP contribution in [-0.2, 0) is 6.54 Å². The normalized spacial score (nSPS) is 14.4. The van der Waals surface area contributed by atoms with Gasteiger partial charge in [0.05, 0.1) is 25.1 Å². The van der Waals surface area contributed by atoms with E-state index < -0.39 is 0 Å². The average molecular weight is 459 g/mol. The lowest BCUT2D eigenvalue weighted by molar-refractivity contribution is 0.250. The third-order valence-electron chi connectivity index (χ3n) is 6.27. The number of halogens is 1. The number of ether oxygens (including phenoxy) is 2. The van der Waals surface area contributed by atoms with Gasteiger partial charge in [0.1, 0.15) is 17.3 Å². The van der Waals surface area contributed by atoms with E-state index in [1.54, 1.807) is 20.4 Å². The fraction of sp³-hybridized carbons (Fsp3) is 0.259. The first-order valence-corrected chi connectivity index (χ1v) is 11.3. The molecule has 1 aliphatic rings. The van der Waals surface area contributed by atoms with Crippen LogP contribution in [0.2, 0.25) is 0 Å². The van der Waals surface area contributed by atoms with Crippen LogP contribution in [0.15, 0.2) is 66.9 Å². The summed E-state index contributed by atoms with van der Waals surface area (Å²) in [5.41, 5.74) is 4.07. The van der Waals surface area contributed by atoms with Gasteiger partial charge in [-0.2, -0.15) is 0 Å². The largest absolute Gasteiger partial charge is 0.497 e. The number of piperazine rings is 1. The maximum absolute atomic E-state index is 13.1. The molecule has 0 spiro atoms. The van der Waals surface area contributed by atoms with Crippen LogP contribution in [0.1, 0.15) is 5.56 Å². The molecule has 7 heteroatoms. The molecule has 1 fully saturated rings. The van der Waals surface area contributed by atoms with Crippen LogP contribution in [-0.4, -0.2) is 55.3 Å². The summed E-state index contributed by atoms with van der Waals surface area (Å²) in [6.07, 6.45) is 1.80. The average Bonchev–Trinajstić information content (AvgIpc) is 2.89. The zero-order chi connectivity index (χ0) is 23.5. The van der Waals surface area contributed by atoms with E-state index in [-0.39, 0.29) is 5.82 Å². The molecular formula is C27H27FN4O2. The summed E-state index contributed by atoms with van der Waals surface area (Å²) in [6.45, 7) is 4.69. The van der Waals surface area contributed by atoms with E-state index in [2.05, 4.69) is 39.0 Å². The lowest BCUT2D eigenvalue weighted by Crippen LogP contribution is -2.45. The van der Waals surface area contributed by atoms with Gasteiger partial charge in [0.25, 0.3) is 0 Å². The molecule has 2 heterocycles. The molecule has 0 amide bonds. The molecule has 0 N–H and O–H groups in total. The number of aromatic nitrogens is 2. The van der Waals surface area contributed by atoms with Gasteiger partial charge in [0.15, 0.2) is 5.82 Å². The molecule has 4 aromatic rings. The molecule has 1 aromatic heterocycles. The van der Waals surface area contributed by atoms with Gasteiger partial charge < -0.3 is 14.4 Å². The zero-order valence-electron chi connectivity index (χ0n) is 19.4. The minimum Gasteiger partial charge on any atom is -0.497 e. The van der Waals surface area contributed by atoms with Crippen molar-refractivity contribution in [1.29, 1.82) is 0 Å². The van der Waals surface area contributed by atoms with Crippen LogP contribution in [0.3, 0.4) is 0 Å². The summed E-state index contributed by atoms with van der Waals surface area (Å²) in [5.74, 6) is 1.86. The van der Waals surface area contributed by atoms with Gasteiger partial charge in [0, 0.05) is 62.3 Å². The Bertz CT molecular complexity index is 1270. The highest BCUT2D eigenvalue weighted by Crippen LogP contribution is 2.31. The van der Waals surface area contributed by atoms with Crippen LogP contribution in [0, 0.1) is 5.82 Å². The number of rotatable bonds is 6. The fourth-order valence-corrected chi connectivity index (χ4v) is 4.34. The molecule has 0 unspecified atom stereocenters. The van der Waals surface area contributed by atoms with Gasteiger partial charge in [0.2, 0.25) is 0 Å². The van der Waals surface area contributed by atoms with Crippen molar-refractivity contribution in [1.82, 2.24) is 14.9 Å². The molecule has 174 valence electrons. The summed E-state index contributed by atoms with van der Waals surface area (Å²) < 4.78 is 24.0. The number of methoxy groups -OCH3 is 2. The monoisotopic (exact) mass is 458 g/mol. The van der Waals surface area contributed by atoms with Crippen molar-refractivity contribution in [2.75, 3.05) is 45.3 Å². The summed E-state index contributed by atoms with van der Waals surface area (Å²) in [4.78, 5) is 14.1. The molecule has 0 aliphatic carbocycles. The summed E-state index contributed by atoms with van der Waals surface area (Å²) >= 11 is 0. The van der Waals surface area contributed by atoms with Crippen LogP contribution in [0.25, 0.3) is 22.3 Å². The van der Waals surface area contributed by atoms with E-state index in [9.17, 15) is 4.39 Å². The van der Waals surface area contributed by atoms with Gasteiger partial charge in [-0.15, -0.1) is 0 Å². The van der Waals surface area contributed by atoms with E-state index in [0.717, 1.165) is 54.8 Å². The number of benzene rings is 3. The first kappa shape index (κ1) is 22.1. The van der Waals surface area contributed by atoms with Gasteiger partial charge in [-0.25, -0.2) is 14.4 Å². The molecule has 0 saturated carbocycles. The van der Waals surface area contributed by atoms with Gasteiger partial charge >= 0.3 is 0 Å². The Morgan fingerprint density at radius 1 is 0.882 bits per heavy atom. The van der Waals surface area contributed by atoms with Crippen molar-refractivity contribution >= 4 is 16.6 Å². The lowest BCUT2D eigenvalue weighted by Gasteiger charge is -2.36. The van der Waals surface area contributed by atoms with E-state index >= 15 is 0 Å². The van der Waals surface area contributed by atoms with Gasteiger partial charge in [-0.1, -0.05) is 12.1 Å². The highest BCUT2D eigenvalue weighted by Gasteiger charge is 2.18. The summed E-state index contributed by atoms with van der Waals surface area (Å²) in [7, 11) is 3.26. The fourth-order valence-electron chi connectivity index (χ4n) is 4.34.